The summed E-state index contributed by atoms with van der Waals surface area (Å²) in [6.45, 7) is 15.2. The average Bonchev–Trinajstić information content (AvgIpc) is 3.11. The van der Waals surface area contributed by atoms with Crippen LogP contribution in [0.4, 0.5) is 0 Å². The van der Waals surface area contributed by atoms with Crippen molar-refractivity contribution >= 4 is 11.9 Å². The predicted octanol–water partition coefficient (Wildman–Crippen LogP) is 7.65. The number of esters is 2. The monoisotopic (exact) mass is 486 g/mol. The Balaban J connectivity index is 1.61. The molecule has 0 radical (unpaired) electrons. The maximum absolute atomic E-state index is 12.2. The molecule has 0 N–H and O–H groups in total. The molecule has 4 heteroatoms. The fourth-order valence-corrected chi connectivity index (χ4v) is 9.15. The minimum atomic E-state index is -0.200. The first-order valence-corrected chi connectivity index (χ1v) is 14.5. The molecule has 0 aliphatic heterocycles. The van der Waals surface area contributed by atoms with Crippen LogP contribution in [-0.4, -0.2) is 24.1 Å². The van der Waals surface area contributed by atoms with Crippen LogP contribution in [0.15, 0.2) is 11.1 Å². The lowest BCUT2D eigenvalue weighted by atomic mass is 9.48. The minimum absolute atomic E-state index is 0.0470. The Morgan fingerprint density at radius 1 is 0.971 bits per heavy atom. The molecule has 4 aliphatic carbocycles. The molecule has 0 aromatic heterocycles. The molecule has 0 amide bonds. The zero-order valence-electron chi connectivity index (χ0n) is 23.5. The molecule has 35 heavy (non-hydrogen) atoms. The summed E-state index contributed by atoms with van der Waals surface area (Å²) in [6.07, 6.45) is 12.6. The molecule has 0 aromatic carbocycles. The second kappa shape index (κ2) is 10.2. The van der Waals surface area contributed by atoms with Crippen molar-refractivity contribution in [3.8, 4) is 0 Å². The molecule has 8 atom stereocenters. The standard InChI is InChI=1S/C31H50O4/c1-19(2)9-8-10-20(3)25-11-12-26-24-18-29(35-22(5)33)28-17-23(34-21(4)32)13-15-31(28,7)27(24)14-16-30(25,26)6/h19-20,23,25,27-29H,8-18H2,1-7H3/t20-,23?,25-,27+,28?,29?,30-,31-/m1/s1. The van der Waals surface area contributed by atoms with Crippen LogP contribution in [0, 0.1) is 40.4 Å². The van der Waals surface area contributed by atoms with Crippen LogP contribution < -0.4 is 0 Å². The highest BCUT2D eigenvalue weighted by Crippen LogP contribution is 2.66. The van der Waals surface area contributed by atoms with E-state index < -0.39 is 0 Å². The summed E-state index contributed by atoms with van der Waals surface area (Å²) in [5, 5.41) is 0. The Morgan fingerprint density at radius 3 is 2.34 bits per heavy atom. The summed E-state index contributed by atoms with van der Waals surface area (Å²) in [6, 6.07) is 0. The van der Waals surface area contributed by atoms with Gasteiger partial charge in [-0.05, 0) is 79.4 Å². The first-order chi connectivity index (χ1) is 16.5. The van der Waals surface area contributed by atoms with Gasteiger partial charge in [0.25, 0.3) is 0 Å². The molecule has 0 spiro atoms. The largest absolute Gasteiger partial charge is 0.463 e. The van der Waals surface area contributed by atoms with E-state index in [1.807, 2.05) is 0 Å². The van der Waals surface area contributed by atoms with Gasteiger partial charge >= 0.3 is 11.9 Å². The van der Waals surface area contributed by atoms with Crippen LogP contribution in [-0.2, 0) is 19.1 Å². The van der Waals surface area contributed by atoms with Crippen molar-refractivity contribution in [3.05, 3.63) is 11.1 Å². The van der Waals surface area contributed by atoms with Crippen molar-refractivity contribution in [2.75, 3.05) is 0 Å². The lowest BCUT2D eigenvalue weighted by molar-refractivity contribution is -0.170. The molecule has 0 heterocycles. The van der Waals surface area contributed by atoms with Gasteiger partial charge in [0.05, 0.1) is 0 Å². The number of carbonyl (C=O) groups excluding carboxylic acids is 2. The van der Waals surface area contributed by atoms with Crippen LogP contribution in [0.25, 0.3) is 0 Å². The average molecular weight is 487 g/mol. The zero-order chi connectivity index (χ0) is 25.5. The van der Waals surface area contributed by atoms with Crippen LogP contribution in [0.2, 0.25) is 0 Å². The van der Waals surface area contributed by atoms with E-state index in [-0.39, 0.29) is 35.5 Å². The van der Waals surface area contributed by atoms with E-state index in [0.29, 0.717) is 11.3 Å². The summed E-state index contributed by atoms with van der Waals surface area (Å²) in [5.41, 5.74) is 3.79. The summed E-state index contributed by atoms with van der Waals surface area (Å²) >= 11 is 0. The maximum atomic E-state index is 12.2. The van der Waals surface area contributed by atoms with Crippen LogP contribution in [0.3, 0.4) is 0 Å². The number of ether oxygens (including phenoxy) is 2. The molecule has 198 valence electrons. The molecule has 3 unspecified atom stereocenters. The highest BCUT2D eigenvalue weighted by Gasteiger charge is 2.59. The second-order valence-electron chi connectivity index (χ2n) is 13.4. The van der Waals surface area contributed by atoms with Gasteiger partial charge in [-0.25, -0.2) is 0 Å². The molecular formula is C31H50O4. The van der Waals surface area contributed by atoms with Crippen molar-refractivity contribution in [1.82, 2.24) is 0 Å². The van der Waals surface area contributed by atoms with Crippen molar-refractivity contribution < 1.29 is 19.1 Å². The zero-order valence-corrected chi connectivity index (χ0v) is 23.5. The predicted molar refractivity (Wildman–Crippen MR) is 140 cm³/mol. The molecule has 3 saturated carbocycles. The number of rotatable bonds is 7. The Morgan fingerprint density at radius 2 is 1.69 bits per heavy atom. The third-order valence-corrected chi connectivity index (χ3v) is 10.8. The first-order valence-electron chi connectivity index (χ1n) is 14.5. The fourth-order valence-electron chi connectivity index (χ4n) is 9.15. The van der Waals surface area contributed by atoms with E-state index in [1.54, 1.807) is 18.1 Å². The van der Waals surface area contributed by atoms with Gasteiger partial charge in [0.2, 0.25) is 0 Å². The van der Waals surface area contributed by atoms with Gasteiger partial charge < -0.3 is 9.47 Å². The molecular weight excluding hydrogens is 436 g/mol. The highest BCUT2D eigenvalue weighted by molar-refractivity contribution is 5.66. The summed E-state index contributed by atoms with van der Waals surface area (Å²) in [5.74, 6) is 2.79. The summed E-state index contributed by atoms with van der Waals surface area (Å²) in [7, 11) is 0. The topological polar surface area (TPSA) is 52.6 Å². The number of allylic oxidation sites excluding steroid dienone is 1. The smallest absolute Gasteiger partial charge is 0.302 e. The Hall–Kier alpha value is -1.32. The Kier molecular flexibility index (Phi) is 7.80. The highest BCUT2D eigenvalue weighted by atomic mass is 16.5. The molecule has 0 aromatic rings. The van der Waals surface area contributed by atoms with Crippen LogP contribution >= 0.6 is 0 Å². The van der Waals surface area contributed by atoms with Crippen molar-refractivity contribution in [2.45, 2.75) is 131 Å². The quantitative estimate of drug-likeness (QED) is 0.274. The Bertz CT molecular complexity index is 843. The van der Waals surface area contributed by atoms with Crippen molar-refractivity contribution in [1.29, 1.82) is 0 Å². The fraction of sp³-hybridized carbons (Fsp3) is 0.871. The summed E-state index contributed by atoms with van der Waals surface area (Å²) in [4.78, 5) is 23.8. The van der Waals surface area contributed by atoms with E-state index in [0.717, 1.165) is 43.4 Å². The van der Waals surface area contributed by atoms with Gasteiger partial charge in [0.15, 0.2) is 0 Å². The Labute approximate surface area is 214 Å². The number of hydrogen-bond acceptors (Lipinski definition) is 4. The van der Waals surface area contributed by atoms with Crippen LogP contribution in [0.1, 0.15) is 119 Å². The van der Waals surface area contributed by atoms with Crippen molar-refractivity contribution in [3.63, 3.8) is 0 Å². The molecule has 0 saturated heterocycles. The lowest BCUT2D eigenvalue weighted by Crippen LogP contribution is -2.54. The van der Waals surface area contributed by atoms with Gasteiger partial charge in [-0.1, -0.05) is 65.0 Å². The van der Waals surface area contributed by atoms with E-state index in [1.165, 1.54) is 51.9 Å². The molecule has 0 bridgehead atoms. The number of fused-ring (bicyclic) bond motifs is 4. The normalized spacial score (nSPS) is 39.5. The second-order valence-corrected chi connectivity index (χ2v) is 13.4. The molecule has 4 aliphatic rings. The third-order valence-electron chi connectivity index (χ3n) is 10.8. The SMILES string of the molecule is CC(=O)OC1CC[C@@]2(C)C(C1)C(OC(C)=O)CC1=C3CC[C@H]([C@H](C)CCCC(C)C)[C@@]3(C)CC[C@@H]12. The number of hydrogen-bond donors (Lipinski definition) is 0. The van der Waals surface area contributed by atoms with Gasteiger partial charge in [-0.15, -0.1) is 0 Å². The van der Waals surface area contributed by atoms with E-state index in [2.05, 4.69) is 34.6 Å². The van der Waals surface area contributed by atoms with Crippen molar-refractivity contribution in [2.24, 2.45) is 40.4 Å². The molecule has 4 nitrogen and oxygen atoms in total. The third kappa shape index (κ3) is 5.10. The van der Waals surface area contributed by atoms with Gasteiger partial charge in [-0.2, -0.15) is 0 Å². The van der Waals surface area contributed by atoms with E-state index >= 15 is 0 Å². The number of carbonyl (C=O) groups is 2. The first kappa shape index (κ1) is 26.7. The maximum Gasteiger partial charge on any atom is 0.302 e. The van der Waals surface area contributed by atoms with Gasteiger partial charge in [-0.3, -0.25) is 9.59 Å². The van der Waals surface area contributed by atoms with Gasteiger partial charge in [0.1, 0.15) is 12.2 Å². The van der Waals surface area contributed by atoms with E-state index in [9.17, 15) is 9.59 Å². The van der Waals surface area contributed by atoms with E-state index in [4.69, 9.17) is 9.47 Å². The minimum Gasteiger partial charge on any atom is -0.463 e. The molecule has 4 rings (SSSR count). The van der Waals surface area contributed by atoms with Crippen LogP contribution in [0.5, 0.6) is 0 Å². The molecule has 3 fully saturated rings. The lowest BCUT2D eigenvalue weighted by Gasteiger charge is -2.58. The van der Waals surface area contributed by atoms with Gasteiger partial charge in [0, 0.05) is 26.2 Å². The summed E-state index contributed by atoms with van der Waals surface area (Å²) < 4.78 is 11.7.